The van der Waals surface area contributed by atoms with Gasteiger partial charge in [-0.3, -0.25) is 0 Å². The van der Waals surface area contributed by atoms with Crippen LogP contribution >= 0.6 is 11.8 Å². The van der Waals surface area contributed by atoms with E-state index in [0.29, 0.717) is 11.8 Å². The standard InChI is InChI=1S/C36H22S/c1-2-10-23(11-3-1)34-26-14-4-6-16-28(26)35(29-17-7-5-15-27(29)34)25-20-21-32-31(22-25)30-18-8-12-24-13-9-19-33(37-32)36(24)30/h1-22H/i2D,3D,4D,5D,6D,7D,8D,9D,10D,11D,12D,13D,14D,15D,16D,17D,18D,19D,20D,21D,22D. The molecule has 1 aliphatic heterocycles. The summed E-state index contributed by atoms with van der Waals surface area (Å²) in [5, 5.41) is -2.56. The second-order valence-corrected chi connectivity index (χ2v) is 9.09. The van der Waals surface area contributed by atoms with Gasteiger partial charge in [0.25, 0.3) is 0 Å². The third-order valence-electron chi connectivity index (χ3n) is 6.11. The molecule has 0 aliphatic carbocycles. The van der Waals surface area contributed by atoms with Crippen molar-refractivity contribution in [3.05, 3.63) is 133 Å². The predicted octanol–water partition coefficient (Wildman–Crippen LogP) is 10.6. The van der Waals surface area contributed by atoms with Crippen LogP contribution < -0.4 is 0 Å². The van der Waals surface area contributed by atoms with Gasteiger partial charge in [0.15, 0.2) is 0 Å². The molecule has 0 radical (unpaired) electrons. The summed E-state index contributed by atoms with van der Waals surface area (Å²) in [5.74, 6) is 0. The van der Waals surface area contributed by atoms with Crippen molar-refractivity contribution in [2.24, 2.45) is 0 Å². The molecule has 0 nitrogen and oxygen atoms in total. The normalized spacial score (nSPS) is 20.2. The molecule has 8 rings (SSSR count). The van der Waals surface area contributed by atoms with Crippen LogP contribution in [0.5, 0.6) is 0 Å². The number of hydrogen-bond donors (Lipinski definition) is 0. The first-order valence-corrected chi connectivity index (χ1v) is 11.8. The Hall–Kier alpha value is -4.33. The lowest BCUT2D eigenvalue weighted by atomic mass is 9.85. The van der Waals surface area contributed by atoms with Crippen molar-refractivity contribution in [1.82, 2.24) is 0 Å². The van der Waals surface area contributed by atoms with Crippen molar-refractivity contribution in [3.63, 3.8) is 0 Å². The molecule has 37 heavy (non-hydrogen) atoms. The van der Waals surface area contributed by atoms with Crippen LogP contribution in [0.25, 0.3) is 65.7 Å². The Kier molecular flexibility index (Phi) is 1.95. The largest absolute Gasteiger partial charge is 0.0888 e. The van der Waals surface area contributed by atoms with Crippen molar-refractivity contribution in [1.29, 1.82) is 0 Å². The summed E-state index contributed by atoms with van der Waals surface area (Å²) in [4.78, 5) is -0.252. The lowest BCUT2D eigenvalue weighted by molar-refractivity contribution is 1.40. The van der Waals surface area contributed by atoms with Crippen molar-refractivity contribution in [2.45, 2.75) is 9.79 Å². The molecule has 0 aromatic heterocycles. The van der Waals surface area contributed by atoms with E-state index >= 15 is 0 Å². The van der Waals surface area contributed by atoms with Gasteiger partial charge in [0.05, 0.1) is 28.8 Å². The van der Waals surface area contributed by atoms with Crippen LogP contribution in [0, 0.1) is 0 Å². The van der Waals surface area contributed by atoms with Gasteiger partial charge in [0.2, 0.25) is 0 Å². The lowest BCUT2D eigenvalue weighted by Gasteiger charge is -2.22. The molecular weight excluding hydrogens is 464 g/mol. The molecule has 0 amide bonds. The molecule has 0 spiro atoms. The van der Waals surface area contributed by atoms with E-state index in [9.17, 15) is 6.85 Å². The van der Waals surface area contributed by atoms with E-state index in [-0.39, 0.29) is 31.7 Å². The van der Waals surface area contributed by atoms with E-state index in [1.54, 1.807) is 0 Å². The van der Waals surface area contributed by atoms with E-state index in [4.69, 9.17) is 21.9 Å². The van der Waals surface area contributed by atoms with Crippen LogP contribution in [-0.4, -0.2) is 0 Å². The first-order valence-electron chi connectivity index (χ1n) is 21.5. The highest BCUT2D eigenvalue weighted by Gasteiger charge is 2.21. The molecule has 1 heteroatoms. The average molecular weight is 508 g/mol. The zero-order chi connectivity index (χ0) is 42.6. The van der Waals surface area contributed by atoms with E-state index in [2.05, 4.69) is 0 Å². The van der Waals surface area contributed by atoms with Crippen LogP contribution in [-0.2, 0) is 0 Å². The molecule has 0 saturated heterocycles. The van der Waals surface area contributed by atoms with Crippen molar-refractivity contribution < 1.29 is 28.8 Å². The van der Waals surface area contributed by atoms with Crippen LogP contribution in [0.15, 0.2) is 143 Å². The number of hydrogen-bond acceptors (Lipinski definition) is 1. The van der Waals surface area contributed by atoms with Crippen LogP contribution in [0.2, 0.25) is 0 Å². The van der Waals surface area contributed by atoms with Crippen LogP contribution in [0.4, 0.5) is 0 Å². The van der Waals surface area contributed by atoms with Gasteiger partial charge in [-0.05, 0) is 78.4 Å². The van der Waals surface area contributed by atoms with Gasteiger partial charge in [-0.2, -0.15) is 0 Å². The van der Waals surface area contributed by atoms with E-state index in [1.165, 1.54) is 0 Å². The van der Waals surface area contributed by atoms with Crippen LogP contribution in [0.1, 0.15) is 28.8 Å². The second-order valence-electron chi connectivity index (χ2n) is 8.07. The Bertz CT molecular complexity index is 3040. The molecular formula is C36H22S. The molecule has 0 fully saturated rings. The van der Waals surface area contributed by atoms with E-state index in [0.717, 1.165) is 6.07 Å². The molecule has 0 unspecified atom stereocenters. The molecule has 1 aliphatic rings. The zero-order valence-corrected chi connectivity index (χ0v) is 19.3. The van der Waals surface area contributed by atoms with Gasteiger partial charge < -0.3 is 0 Å². The maximum Gasteiger partial charge on any atom is 0.0636 e. The molecule has 7 aromatic carbocycles. The number of benzene rings is 7. The fraction of sp³-hybridized carbons (Fsp3) is 0. The fourth-order valence-electron chi connectivity index (χ4n) is 4.61. The molecule has 0 N–H and O–H groups in total. The SMILES string of the molecule is [2H]c1cc([2H])c([2H])c(-c2c3c([2H])c([2H])c([2H])c([2H])c3c(-c3c([2H])c([2H])c4c(c3[2H])-c3c([2H])c([2H])c([2H])c5c([2H])c([2H])c([2H])c(c35)S4)c3c([2H])c([2H])c([2H])c([2H])c23)c1[2H]. The smallest absolute Gasteiger partial charge is 0.0636 e. The Morgan fingerprint density at radius 3 is 1.76 bits per heavy atom. The third kappa shape index (κ3) is 3.11. The minimum absolute atomic E-state index is 0.0631. The highest BCUT2D eigenvalue weighted by Crippen LogP contribution is 2.50. The van der Waals surface area contributed by atoms with Gasteiger partial charge in [-0.1, -0.05) is 127 Å². The number of rotatable bonds is 2. The first kappa shape index (κ1) is 8.90. The summed E-state index contributed by atoms with van der Waals surface area (Å²) < 4.78 is 186. The quantitative estimate of drug-likeness (QED) is 0.210. The van der Waals surface area contributed by atoms with Crippen molar-refractivity contribution in [3.8, 4) is 33.4 Å². The maximum absolute atomic E-state index is 9.78. The molecule has 0 saturated carbocycles. The maximum atomic E-state index is 9.78. The zero-order valence-electron chi connectivity index (χ0n) is 39.5. The minimum atomic E-state index is -0.860. The van der Waals surface area contributed by atoms with E-state index in [1.807, 2.05) is 0 Å². The molecule has 1 heterocycles. The highest BCUT2D eigenvalue weighted by atomic mass is 32.2. The third-order valence-corrected chi connectivity index (χ3v) is 7.13. The Balaban J connectivity index is 1.72. The fourth-order valence-corrected chi connectivity index (χ4v) is 5.58. The average Bonchev–Trinajstić information content (AvgIpc) is 3.19. The second kappa shape index (κ2) is 8.09. The Morgan fingerprint density at radius 1 is 0.459 bits per heavy atom. The van der Waals surface area contributed by atoms with Gasteiger partial charge in [-0.15, -0.1) is 0 Å². The minimum Gasteiger partial charge on any atom is -0.0888 e. The van der Waals surface area contributed by atoms with E-state index < -0.39 is 171 Å². The topological polar surface area (TPSA) is 0 Å². The molecule has 172 valence electrons. The highest BCUT2D eigenvalue weighted by molar-refractivity contribution is 7.99. The summed E-state index contributed by atoms with van der Waals surface area (Å²) in [5.41, 5.74) is -2.81. The molecule has 7 aromatic rings. The summed E-state index contributed by atoms with van der Waals surface area (Å²) in [6.45, 7) is 0. The van der Waals surface area contributed by atoms with Gasteiger partial charge in [0.1, 0.15) is 0 Å². The van der Waals surface area contributed by atoms with Gasteiger partial charge >= 0.3 is 0 Å². The van der Waals surface area contributed by atoms with Crippen molar-refractivity contribution >= 4 is 44.1 Å². The monoisotopic (exact) mass is 507 g/mol. The predicted molar refractivity (Wildman–Crippen MR) is 159 cm³/mol. The molecule has 0 bridgehead atoms. The Morgan fingerprint density at radius 2 is 1.08 bits per heavy atom. The lowest BCUT2D eigenvalue weighted by Crippen LogP contribution is -1.95. The summed E-state index contributed by atoms with van der Waals surface area (Å²) >= 11 is 0.672. The number of fused-ring (bicyclic) bond motifs is 4. The van der Waals surface area contributed by atoms with Crippen molar-refractivity contribution in [2.75, 3.05) is 0 Å². The summed E-state index contributed by atoms with van der Waals surface area (Å²) in [6.07, 6.45) is 0. The Labute approximate surface area is 249 Å². The summed E-state index contributed by atoms with van der Waals surface area (Å²) in [7, 11) is 0. The van der Waals surface area contributed by atoms with Gasteiger partial charge in [-0.25, -0.2) is 0 Å². The first-order chi connectivity index (χ1) is 27.1. The van der Waals surface area contributed by atoms with Gasteiger partial charge in [0, 0.05) is 15.2 Å². The van der Waals surface area contributed by atoms with Crippen LogP contribution in [0.3, 0.4) is 0 Å². The molecule has 0 atom stereocenters. The summed E-state index contributed by atoms with van der Waals surface area (Å²) in [6, 6.07) is -14.3.